The van der Waals surface area contributed by atoms with Gasteiger partial charge >= 0.3 is 0 Å². The van der Waals surface area contributed by atoms with Gasteiger partial charge in [-0.3, -0.25) is 0 Å². The van der Waals surface area contributed by atoms with E-state index in [-0.39, 0.29) is 18.5 Å². The second kappa shape index (κ2) is 10.6. The van der Waals surface area contributed by atoms with Gasteiger partial charge in [-0.1, -0.05) is 19.4 Å². The van der Waals surface area contributed by atoms with Crippen molar-refractivity contribution in [1.29, 1.82) is 0 Å². The van der Waals surface area contributed by atoms with Crippen LogP contribution >= 0.6 is 0 Å². The van der Waals surface area contributed by atoms with Gasteiger partial charge in [-0.25, -0.2) is 4.39 Å². The third-order valence-corrected chi connectivity index (χ3v) is 3.47. The quantitative estimate of drug-likeness (QED) is 0.610. The van der Waals surface area contributed by atoms with Crippen LogP contribution in [-0.4, -0.2) is 24.9 Å². The van der Waals surface area contributed by atoms with Crippen molar-refractivity contribution in [2.75, 3.05) is 19.8 Å². The van der Waals surface area contributed by atoms with Crippen molar-refractivity contribution in [1.82, 2.24) is 5.32 Å². The smallest absolute Gasteiger partial charge is 0.165 e. The number of rotatable bonds is 11. The fraction of sp³-hybridized carbons (Fsp3) is 0.647. The highest BCUT2D eigenvalue weighted by atomic mass is 19.1. The van der Waals surface area contributed by atoms with Crippen LogP contribution in [0.3, 0.4) is 0 Å². The molecule has 0 aliphatic heterocycles. The number of ether oxygens (including phenoxy) is 1. The van der Waals surface area contributed by atoms with Gasteiger partial charge in [-0.05, 0) is 56.8 Å². The lowest BCUT2D eigenvalue weighted by atomic mass is 10.1. The summed E-state index contributed by atoms with van der Waals surface area (Å²) in [5, 5.41) is 12.0. The van der Waals surface area contributed by atoms with Crippen molar-refractivity contribution in [3.63, 3.8) is 0 Å². The van der Waals surface area contributed by atoms with E-state index in [1.54, 1.807) is 12.1 Å². The van der Waals surface area contributed by atoms with E-state index < -0.39 is 0 Å². The fourth-order valence-electron chi connectivity index (χ4n) is 2.13. The number of unbranched alkanes of at least 4 members (excludes halogenated alkanes) is 3. The van der Waals surface area contributed by atoms with Crippen molar-refractivity contribution in [2.45, 2.75) is 52.0 Å². The summed E-state index contributed by atoms with van der Waals surface area (Å²) in [5.74, 6) is 0.0246. The molecule has 0 aliphatic rings. The molecule has 4 heteroatoms. The van der Waals surface area contributed by atoms with E-state index in [1.165, 1.54) is 0 Å². The third-order valence-electron chi connectivity index (χ3n) is 3.47. The van der Waals surface area contributed by atoms with Crippen molar-refractivity contribution in [3.8, 4) is 5.75 Å². The van der Waals surface area contributed by atoms with Crippen LogP contribution < -0.4 is 10.1 Å². The Morgan fingerprint density at radius 3 is 2.67 bits per heavy atom. The van der Waals surface area contributed by atoms with E-state index in [0.717, 1.165) is 44.2 Å². The minimum atomic E-state index is -0.298. The van der Waals surface area contributed by atoms with Crippen molar-refractivity contribution in [2.24, 2.45) is 0 Å². The Hall–Kier alpha value is -1.13. The van der Waals surface area contributed by atoms with Crippen molar-refractivity contribution < 1.29 is 14.2 Å². The molecule has 0 heterocycles. The number of halogens is 1. The summed E-state index contributed by atoms with van der Waals surface area (Å²) in [5.41, 5.74) is 0.941. The zero-order valence-electron chi connectivity index (χ0n) is 13.2. The predicted molar refractivity (Wildman–Crippen MR) is 84.2 cm³/mol. The maximum absolute atomic E-state index is 14.0. The van der Waals surface area contributed by atoms with E-state index in [4.69, 9.17) is 9.84 Å². The molecule has 1 rings (SSSR count). The molecule has 0 saturated carbocycles. The van der Waals surface area contributed by atoms with Gasteiger partial charge < -0.3 is 15.2 Å². The van der Waals surface area contributed by atoms with Crippen LogP contribution in [0.2, 0.25) is 0 Å². The van der Waals surface area contributed by atoms with Crippen LogP contribution in [0.15, 0.2) is 18.2 Å². The average molecular weight is 297 g/mol. The van der Waals surface area contributed by atoms with Gasteiger partial charge in [-0.15, -0.1) is 0 Å². The highest BCUT2D eigenvalue weighted by molar-refractivity contribution is 5.30. The minimum Gasteiger partial charge on any atom is -0.491 e. The van der Waals surface area contributed by atoms with E-state index in [9.17, 15) is 4.39 Å². The molecule has 0 amide bonds. The number of aliphatic hydroxyl groups excluding tert-OH is 1. The maximum atomic E-state index is 14.0. The van der Waals surface area contributed by atoms with Gasteiger partial charge in [-0.2, -0.15) is 0 Å². The van der Waals surface area contributed by atoms with Crippen LogP contribution in [0.25, 0.3) is 0 Å². The lowest BCUT2D eigenvalue weighted by Crippen LogP contribution is -2.19. The molecule has 21 heavy (non-hydrogen) atoms. The summed E-state index contributed by atoms with van der Waals surface area (Å²) in [7, 11) is 0. The lowest BCUT2D eigenvalue weighted by Gasteiger charge is -2.15. The largest absolute Gasteiger partial charge is 0.491 e. The van der Waals surface area contributed by atoms with Crippen LogP contribution in [-0.2, 0) is 0 Å². The number of hydrogen-bond donors (Lipinski definition) is 2. The Labute approximate surface area is 127 Å². The first kappa shape index (κ1) is 17.9. The third kappa shape index (κ3) is 6.91. The standard InChI is InChI=1S/C17H28FNO2/c1-3-10-19-14(2)15-8-9-17(16(18)13-15)21-12-7-5-4-6-11-20/h8-9,13-14,19-20H,3-7,10-12H2,1-2H3. The SMILES string of the molecule is CCCNC(C)c1ccc(OCCCCCCO)c(F)c1. The highest BCUT2D eigenvalue weighted by Crippen LogP contribution is 2.22. The summed E-state index contributed by atoms with van der Waals surface area (Å²) < 4.78 is 19.5. The van der Waals surface area contributed by atoms with E-state index in [2.05, 4.69) is 12.2 Å². The molecule has 2 N–H and O–H groups in total. The molecule has 0 aliphatic carbocycles. The van der Waals surface area contributed by atoms with Gasteiger partial charge in [0.2, 0.25) is 0 Å². The molecule has 0 spiro atoms. The summed E-state index contributed by atoms with van der Waals surface area (Å²) in [6, 6.07) is 5.32. The Balaban J connectivity index is 2.39. The number of hydrogen-bond acceptors (Lipinski definition) is 3. The molecule has 1 aromatic rings. The zero-order valence-corrected chi connectivity index (χ0v) is 13.2. The number of benzene rings is 1. The van der Waals surface area contributed by atoms with Crippen LogP contribution in [0.4, 0.5) is 4.39 Å². The van der Waals surface area contributed by atoms with E-state index >= 15 is 0 Å². The Bertz CT molecular complexity index is 398. The van der Waals surface area contributed by atoms with Crippen LogP contribution in [0, 0.1) is 5.82 Å². The highest BCUT2D eigenvalue weighted by Gasteiger charge is 2.09. The van der Waals surface area contributed by atoms with E-state index in [1.807, 2.05) is 13.0 Å². The van der Waals surface area contributed by atoms with E-state index in [0.29, 0.717) is 12.4 Å². The monoisotopic (exact) mass is 297 g/mol. The molecule has 1 unspecified atom stereocenters. The molecule has 0 fully saturated rings. The summed E-state index contributed by atoms with van der Waals surface area (Å²) in [6.45, 7) is 5.82. The molecular weight excluding hydrogens is 269 g/mol. The molecule has 0 radical (unpaired) electrons. The lowest BCUT2D eigenvalue weighted by molar-refractivity contribution is 0.269. The first-order valence-electron chi connectivity index (χ1n) is 7.95. The Morgan fingerprint density at radius 2 is 2.00 bits per heavy atom. The Morgan fingerprint density at radius 1 is 1.24 bits per heavy atom. The molecule has 0 saturated heterocycles. The first-order chi connectivity index (χ1) is 10.2. The topological polar surface area (TPSA) is 41.5 Å². The summed E-state index contributed by atoms with van der Waals surface area (Å²) >= 11 is 0. The predicted octanol–water partition coefficient (Wildman–Crippen LogP) is 3.82. The molecule has 3 nitrogen and oxygen atoms in total. The second-order valence-corrected chi connectivity index (χ2v) is 5.35. The molecule has 0 bridgehead atoms. The van der Waals surface area contributed by atoms with Gasteiger partial charge in [0.1, 0.15) is 0 Å². The van der Waals surface area contributed by atoms with Crippen molar-refractivity contribution in [3.05, 3.63) is 29.6 Å². The first-order valence-corrected chi connectivity index (χ1v) is 7.95. The molecule has 1 aromatic carbocycles. The van der Waals surface area contributed by atoms with Gasteiger partial charge in [0.15, 0.2) is 11.6 Å². The average Bonchev–Trinajstić information content (AvgIpc) is 2.49. The maximum Gasteiger partial charge on any atom is 0.165 e. The van der Waals surface area contributed by atoms with Crippen LogP contribution in [0.1, 0.15) is 57.6 Å². The van der Waals surface area contributed by atoms with Gasteiger partial charge in [0.05, 0.1) is 6.61 Å². The summed E-state index contributed by atoms with van der Waals surface area (Å²) in [6.07, 6.45) is 4.76. The second-order valence-electron chi connectivity index (χ2n) is 5.35. The molecular formula is C17H28FNO2. The van der Waals surface area contributed by atoms with Gasteiger partial charge in [0, 0.05) is 12.6 Å². The zero-order chi connectivity index (χ0) is 15.5. The fourth-order valence-corrected chi connectivity index (χ4v) is 2.13. The number of aliphatic hydroxyl groups is 1. The molecule has 1 atom stereocenters. The van der Waals surface area contributed by atoms with Gasteiger partial charge in [0.25, 0.3) is 0 Å². The van der Waals surface area contributed by atoms with Crippen molar-refractivity contribution >= 4 is 0 Å². The normalized spacial score (nSPS) is 12.4. The molecule has 0 aromatic heterocycles. The molecule has 120 valence electrons. The van der Waals surface area contributed by atoms with Crippen LogP contribution in [0.5, 0.6) is 5.75 Å². The minimum absolute atomic E-state index is 0.145. The number of nitrogens with one attached hydrogen (secondary N) is 1. The summed E-state index contributed by atoms with van der Waals surface area (Å²) in [4.78, 5) is 0. The Kier molecular flexibility index (Phi) is 9.02.